The first-order chi connectivity index (χ1) is 10.2. The number of aromatic hydroxyl groups is 1. The second-order valence-corrected chi connectivity index (χ2v) is 5.79. The number of rotatable bonds is 10. The van der Waals surface area contributed by atoms with Crippen LogP contribution in [0.5, 0.6) is 11.5 Å². The Morgan fingerprint density at radius 1 is 1.19 bits per heavy atom. The Bertz CT molecular complexity index is 435. The molecule has 0 saturated heterocycles. The lowest BCUT2D eigenvalue weighted by Gasteiger charge is -2.10. The van der Waals surface area contributed by atoms with E-state index in [9.17, 15) is 5.11 Å². The van der Waals surface area contributed by atoms with Gasteiger partial charge in [-0.2, -0.15) is 0 Å². The predicted molar refractivity (Wildman–Crippen MR) is 92.1 cm³/mol. The van der Waals surface area contributed by atoms with Gasteiger partial charge >= 0.3 is 0 Å². The molecule has 0 unspecified atom stereocenters. The van der Waals surface area contributed by atoms with Crippen LogP contribution in [-0.2, 0) is 6.54 Å². The van der Waals surface area contributed by atoms with E-state index >= 15 is 0 Å². The monoisotopic (exact) mass is 309 g/mol. The van der Waals surface area contributed by atoms with Gasteiger partial charge in [-0.05, 0) is 30.5 Å². The Balaban J connectivity index is 2.21. The van der Waals surface area contributed by atoms with Crippen LogP contribution < -0.4 is 10.1 Å². The van der Waals surface area contributed by atoms with Gasteiger partial charge in [-0.1, -0.05) is 57.3 Å². The molecule has 0 aliphatic heterocycles. The highest BCUT2D eigenvalue weighted by Crippen LogP contribution is 2.26. The summed E-state index contributed by atoms with van der Waals surface area (Å²) in [6.45, 7) is 2.91. The molecule has 118 valence electrons. The average molecular weight is 309 g/mol. The first-order valence-corrected chi connectivity index (χ1v) is 8.20. The van der Waals surface area contributed by atoms with Crippen molar-refractivity contribution in [3.05, 3.63) is 23.8 Å². The molecule has 0 heterocycles. The largest absolute Gasteiger partial charge is 0.504 e. The molecule has 21 heavy (non-hydrogen) atoms. The van der Waals surface area contributed by atoms with Gasteiger partial charge in [0.15, 0.2) is 11.5 Å². The van der Waals surface area contributed by atoms with E-state index in [-0.39, 0.29) is 5.75 Å². The minimum atomic E-state index is 0.163. The molecule has 0 aliphatic carbocycles. The number of methoxy groups -OCH3 is 1. The summed E-state index contributed by atoms with van der Waals surface area (Å²) in [5.74, 6) is 0.659. The van der Waals surface area contributed by atoms with E-state index in [4.69, 9.17) is 17.0 Å². The van der Waals surface area contributed by atoms with Crippen molar-refractivity contribution in [3.63, 3.8) is 0 Å². The number of benzene rings is 1. The summed E-state index contributed by atoms with van der Waals surface area (Å²) in [6, 6.07) is 5.35. The quantitative estimate of drug-likeness (QED) is 0.491. The smallest absolute Gasteiger partial charge is 0.160 e. The third kappa shape index (κ3) is 7.32. The SMILES string of the molecule is CCCCCCCCC(=S)NCc1ccc(O)c(OC)c1. The predicted octanol–water partition coefficient (Wildman–Crippen LogP) is 4.57. The minimum Gasteiger partial charge on any atom is -0.504 e. The molecule has 4 heteroatoms. The zero-order chi connectivity index (χ0) is 15.5. The molecule has 1 aromatic carbocycles. The third-order valence-corrected chi connectivity index (χ3v) is 3.84. The van der Waals surface area contributed by atoms with Crippen LogP contribution in [0.2, 0.25) is 0 Å². The molecular formula is C17H27NO2S. The van der Waals surface area contributed by atoms with E-state index in [1.165, 1.54) is 32.1 Å². The van der Waals surface area contributed by atoms with E-state index in [0.717, 1.165) is 23.4 Å². The van der Waals surface area contributed by atoms with Crippen molar-refractivity contribution in [1.82, 2.24) is 5.32 Å². The molecule has 2 N–H and O–H groups in total. The molecule has 0 bridgehead atoms. The first-order valence-electron chi connectivity index (χ1n) is 7.80. The molecule has 0 aromatic heterocycles. The van der Waals surface area contributed by atoms with Crippen molar-refractivity contribution in [2.75, 3.05) is 7.11 Å². The highest BCUT2D eigenvalue weighted by Gasteiger charge is 2.03. The highest BCUT2D eigenvalue weighted by atomic mass is 32.1. The summed E-state index contributed by atoms with van der Waals surface area (Å²) in [5, 5.41) is 12.8. The van der Waals surface area contributed by atoms with Crippen LogP contribution >= 0.6 is 12.2 Å². The van der Waals surface area contributed by atoms with E-state index in [1.54, 1.807) is 13.2 Å². The third-order valence-electron chi connectivity index (χ3n) is 3.49. The fraction of sp³-hybridized carbons (Fsp3) is 0.588. The topological polar surface area (TPSA) is 41.5 Å². The summed E-state index contributed by atoms with van der Waals surface area (Å²) in [7, 11) is 1.55. The average Bonchev–Trinajstić information content (AvgIpc) is 2.50. The van der Waals surface area contributed by atoms with Crippen LogP contribution in [0.4, 0.5) is 0 Å². The van der Waals surface area contributed by atoms with Gasteiger partial charge in [0.2, 0.25) is 0 Å². The van der Waals surface area contributed by atoms with Gasteiger partial charge in [-0.3, -0.25) is 0 Å². The zero-order valence-corrected chi connectivity index (χ0v) is 14.0. The Morgan fingerprint density at radius 3 is 2.62 bits per heavy atom. The van der Waals surface area contributed by atoms with Crippen molar-refractivity contribution >= 4 is 17.2 Å². The Kier molecular flexibility index (Phi) is 8.83. The number of thiocarbonyl (C=S) groups is 1. The van der Waals surface area contributed by atoms with Gasteiger partial charge in [0.05, 0.1) is 12.1 Å². The van der Waals surface area contributed by atoms with Crippen molar-refractivity contribution in [2.24, 2.45) is 0 Å². The van der Waals surface area contributed by atoms with Gasteiger partial charge in [0.25, 0.3) is 0 Å². The van der Waals surface area contributed by atoms with Gasteiger partial charge in [0, 0.05) is 6.54 Å². The standard InChI is InChI=1S/C17H27NO2S/c1-3-4-5-6-7-8-9-17(21)18-13-14-10-11-15(19)16(12-14)20-2/h10-12,19H,3-9,13H2,1-2H3,(H,18,21). The molecule has 3 nitrogen and oxygen atoms in total. The Hall–Kier alpha value is -1.29. The van der Waals surface area contributed by atoms with E-state index in [2.05, 4.69) is 12.2 Å². The van der Waals surface area contributed by atoms with Crippen LogP contribution in [0.1, 0.15) is 57.4 Å². The zero-order valence-electron chi connectivity index (χ0n) is 13.2. The Labute approximate surface area is 133 Å². The summed E-state index contributed by atoms with van der Waals surface area (Å²) < 4.78 is 5.09. The van der Waals surface area contributed by atoms with E-state index in [1.807, 2.05) is 12.1 Å². The lowest BCUT2D eigenvalue weighted by atomic mass is 10.1. The fourth-order valence-electron chi connectivity index (χ4n) is 2.19. The normalized spacial score (nSPS) is 10.4. The number of phenolic OH excluding ortho intramolecular Hbond substituents is 1. The Morgan fingerprint density at radius 2 is 1.90 bits per heavy atom. The number of hydrogen-bond donors (Lipinski definition) is 2. The number of nitrogens with one attached hydrogen (secondary N) is 1. The second-order valence-electron chi connectivity index (χ2n) is 5.30. The number of phenols is 1. The number of unbranched alkanes of at least 4 members (excludes halogenated alkanes) is 5. The molecule has 1 rings (SSSR count). The first kappa shape index (κ1) is 17.8. The van der Waals surface area contributed by atoms with Crippen molar-refractivity contribution in [3.8, 4) is 11.5 Å². The van der Waals surface area contributed by atoms with Gasteiger partial charge in [-0.25, -0.2) is 0 Å². The lowest BCUT2D eigenvalue weighted by molar-refractivity contribution is 0.373. The summed E-state index contributed by atoms with van der Waals surface area (Å²) in [4.78, 5) is 0.914. The molecule has 0 atom stereocenters. The van der Waals surface area contributed by atoms with Crippen molar-refractivity contribution in [2.45, 2.75) is 58.4 Å². The number of hydrogen-bond acceptors (Lipinski definition) is 3. The molecule has 0 saturated carbocycles. The molecule has 0 radical (unpaired) electrons. The van der Waals surface area contributed by atoms with Crippen molar-refractivity contribution in [1.29, 1.82) is 0 Å². The maximum absolute atomic E-state index is 9.55. The van der Waals surface area contributed by atoms with Gasteiger partial charge in [0.1, 0.15) is 0 Å². The molecule has 0 aliphatic rings. The van der Waals surface area contributed by atoms with E-state index < -0.39 is 0 Å². The van der Waals surface area contributed by atoms with E-state index in [0.29, 0.717) is 12.3 Å². The maximum Gasteiger partial charge on any atom is 0.160 e. The summed E-state index contributed by atoms with van der Waals surface area (Å²) in [5.41, 5.74) is 1.05. The fourth-order valence-corrected chi connectivity index (χ4v) is 2.40. The van der Waals surface area contributed by atoms with Crippen LogP contribution in [0, 0.1) is 0 Å². The molecule has 0 fully saturated rings. The highest BCUT2D eigenvalue weighted by molar-refractivity contribution is 7.80. The van der Waals surface area contributed by atoms with Crippen LogP contribution in [0.3, 0.4) is 0 Å². The molecule has 1 aromatic rings. The summed E-state index contributed by atoms with van der Waals surface area (Å²) in [6.07, 6.45) is 8.65. The van der Waals surface area contributed by atoms with Gasteiger partial charge < -0.3 is 15.2 Å². The molecular weight excluding hydrogens is 282 g/mol. The van der Waals surface area contributed by atoms with Crippen molar-refractivity contribution < 1.29 is 9.84 Å². The number of ether oxygens (including phenoxy) is 1. The lowest BCUT2D eigenvalue weighted by Crippen LogP contribution is -2.20. The van der Waals surface area contributed by atoms with Crippen LogP contribution in [-0.4, -0.2) is 17.2 Å². The molecule has 0 spiro atoms. The molecule has 0 amide bonds. The van der Waals surface area contributed by atoms with Crippen LogP contribution in [0.15, 0.2) is 18.2 Å². The van der Waals surface area contributed by atoms with Gasteiger partial charge in [-0.15, -0.1) is 0 Å². The summed E-state index contributed by atoms with van der Waals surface area (Å²) >= 11 is 5.35. The van der Waals surface area contributed by atoms with Crippen LogP contribution in [0.25, 0.3) is 0 Å². The maximum atomic E-state index is 9.55. The minimum absolute atomic E-state index is 0.163. The second kappa shape index (κ2) is 10.4.